The third-order valence-electron chi connectivity index (χ3n) is 4.58. The number of nitrogens with one attached hydrogen (secondary N) is 1. The number of carbonyl (C=O) groups is 1. The molecule has 0 radical (unpaired) electrons. The van der Waals surface area contributed by atoms with Crippen molar-refractivity contribution in [3.05, 3.63) is 58.1 Å². The number of methoxy groups -OCH3 is 3. The van der Waals surface area contributed by atoms with Gasteiger partial charge in [-0.3, -0.25) is 15.0 Å². The van der Waals surface area contributed by atoms with E-state index < -0.39 is 5.91 Å². The first-order chi connectivity index (χ1) is 14.4. The van der Waals surface area contributed by atoms with Crippen LogP contribution in [-0.2, 0) is 6.42 Å². The van der Waals surface area contributed by atoms with Crippen LogP contribution >= 0.6 is 0 Å². The van der Waals surface area contributed by atoms with Crippen molar-refractivity contribution in [3.63, 3.8) is 0 Å². The predicted octanol–water partition coefficient (Wildman–Crippen LogP) is 3.00. The molecule has 2 aromatic carbocycles. The van der Waals surface area contributed by atoms with Crippen LogP contribution in [0.25, 0.3) is 10.9 Å². The quantitative estimate of drug-likeness (QED) is 0.643. The number of aromatic nitrogens is 2. The van der Waals surface area contributed by atoms with Crippen LogP contribution in [0.5, 0.6) is 17.2 Å². The van der Waals surface area contributed by atoms with Crippen LogP contribution in [0.3, 0.4) is 0 Å². The van der Waals surface area contributed by atoms with Crippen molar-refractivity contribution in [1.29, 1.82) is 0 Å². The molecule has 0 aliphatic rings. The largest absolute Gasteiger partial charge is 0.493 e. The third kappa shape index (κ3) is 4.07. The van der Waals surface area contributed by atoms with E-state index in [4.69, 9.17) is 14.2 Å². The average molecular weight is 411 g/mol. The summed E-state index contributed by atoms with van der Waals surface area (Å²) in [5.74, 6) is 1.28. The van der Waals surface area contributed by atoms with Gasteiger partial charge in [0.15, 0.2) is 11.5 Å². The summed E-state index contributed by atoms with van der Waals surface area (Å²) in [5, 5.41) is 0.426. The van der Waals surface area contributed by atoms with Gasteiger partial charge in [0, 0.05) is 12.0 Å². The lowest BCUT2D eigenvalue weighted by Crippen LogP contribution is -2.36. The fourth-order valence-corrected chi connectivity index (χ4v) is 3.17. The molecular weight excluding hydrogens is 386 g/mol. The lowest BCUT2D eigenvalue weighted by Gasteiger charge is -2.17. The maximum Gasteiger partial charge on any atom is 0.280 e. The summed E-state index contributed by atoms with van der Waals surface area (Å²) >= 11 is 0. The first kappa shape index (κ1) is 21.2. The molecule has 1 N–H and O–H groups in total. The van der Waals surface area contributed by atoms with Crippen LogP contribution in [0.2, 0.25) is 0 Å². The van der Waals surface area contributed by atoms with Crippen molar-refractivity contribution in [3.8, 4) is 17.2 Å². The monoisotopic (exact) mass is 411 g/mol. The summed E-state index contributed by atoms with van der Waals surface area (Å²) in [5.41, 5.74) is 3.19. The number of para-hydroxylation sites is 1. The molecule has 3 aromatic rings. The Labute approximate surface area is 174 Å². The van der Waals surface area contributed by atoms with Crippen LogP contribution < -0.4 is 25.2 Å². The zero-order chi connectivity index (χ0) is 21.8. The van der Waals surface area contributed by atoms with Gasteiger partial charge in [0.1, 0.15) is 5.82 Å². The summed E-state index contributed by atoms with van der Waals surface area (Å²) in [6.07, 6.45) is 0.523. The molecule has 0 fully saturated rings. The molecule has 0 atom stereocenters. The molecule has 0 aliphatic carbocycles. The Morgan fingerprint density at radius 2 is 1.70 bits per heavy atom. The van der Waals surface area contributed by atoms with E-state index in [-0.39, 0.29) is 17.0 Å². The van der Waals surface area contributed by atoms with E-state index in [0.29, 0.717) is 40.4 Å². The number of carbonyl (C=O) groups excluding carboxylic acids is 1. The number of fused-ring (bicyclic) bond motifs is 1. The highest BCUT2D eigenvalue weighted by molar-refractivity contribution is 6.01. The van der Waals surface area contributed by atoms with E-state index >= 15 is 0 Å². The van der Waals surface area contributed by atoms with Crippen molar-refractivity contribution in [2.45, 2.75) is 20.3 Å². The molecule has 8 nitrogen and oxygen atoms in total. The van der Waals surface area contributed by atoms with E-state index in [2.05, 4.69) is 10.4 Å². The Bertz CT molecular complexity index is 1110. The van der Waals surface area contributed by atoms with Crippen molar-refractivity contribution >= 4 is 16.8 Å². The number of nitrogens with zero attached hydrogens (tertiary/aromatic N) is 2. The van der Waals surface area contributed by atoms with Gasteiger partial charge in [-0.25, -0.2) is 9.66 Å². The second-order valence-corrected chi connectivity index (χ2v) is 7.14. The van der Waals surface area contributed by atoms with Crippen molar-refractivity contribution in [2.75, 3.05) is 26.8 Å². The second-order valence-electron chi connectivity index (χ2n) is 7.14. The third-order valence-corrected chi connectivity index (χ3v) is 4.58. The fraction of sp³-hybridized carbons (Fsp3) is 0.318. The van der Waals surface area contributed by atoms with E-state index in [1.165, 1.54) is 38.1 Å². The van der Waals surface area contributed by atoms with Gasteiger partial charge < -0.3 is 14.2 Å². The molecule has 1 heterocycles. The van der Waals surface area contributed by atoms with E-state index in [1.807, 2.05) is 19.9 Å². The molecule has 3 rings (SSSR count). The second kappa shape index (κ2) is 8.86. The van der Waals surface area contributed by atoms with Crippen LogP contribution in [0.1, 0.15) is 30.0 Å². The molecule has 0 saturated heterocycles. The molecule has 1 aromatic heterocycles. The molecule has 1 amide bonds. The zero-order valence-corrected chi connectivity index (χ0v) is 17.7. The number of rotatable bonds is 7. The highest BCUT2D eigenvalue weighted by atomic mass is 16.5. The SMILES string of the molecule is COc1cc(C(=O)Nn2c(CC(C)C)nc3ccccc3c2=O)cc(OC)c1OC. The molecule has 158 valence electrons. The smallest absolute Gasteiger partial charge is 0.280 e. The lowest BCUT2D eigenvalue weighted by atomic mass is 10.1. The molecule has 0 aliphatic heterocycles. The van der Waals surface area contributed by atoms with Crippen LogP contribution in [0, 0.1) is 5.92 Å². The molecule has 0 spiro atoms. The molecule has 0 unspecified atom stereocenters. The van der Waals surface area contributed by atoms with Gasteiger partial charge in [-0.1, -0.05) is 26.0 Å². The summed E-state index contributed by atoms with van der Waals surface area (Å²) in [7, 11) is 4.42. The first-order valence-electron chi connectivity index (χ1n) is 9.51. The van der Waals surface area contributed by atoms with Gasteiger partial charge in [-0.15, -0.1) is 0 Å². The number of hydrogen-bond donors (Lipinski definition) is 1. The number of amides is 1. The summed E-state index contributed by atoms with van der Waals surface area (Å²) < 4.78 is 17.1. The van der Waals surface area contributed by atoms with E-state index in [1.54, 1.807) is 18.2 Å². The zero-order valence-electron chi connectivity index (χ0n) is 17.7. The van der Waals surface area contributed by atoms with Gasteiger partial charge in [-0.05, 0) is 30.2 Å². The normalized spacial score (nSPS) is 10.9. The molecule has 0 saturated carbocycles. The Hall–Kier alpha value is -3.55. The summed E-state index contributed by atoms with van der Waals surface area (Å²) in [4.78, 5) is 30.7. The minimum absolute atomic E-state index is 0.238. The maximum atomic E-state index is 13.1. The molecule has 0 bridgehead atoms. The molecule has 8 heteroatoms. The predicted molar refractivity (Wildman–Crippen MR) is 114 cm³/mol. The Balaban J connectivity index is 2.08. The minimum Gasteiger partial charge on any atom is -0.493 e. The van der Waals surface area contributed by atoms with E-state index in [0.717, 1.165) is 0 Å². The van der Waals surface area contributed by atoms with Gasteiger partial charge in [0.05, 0.1) is 32.2 Å². The van der Waals surface area contributed by atoms with E-state index in [9.17, 15) is 9.59 Å². The molecular formula is C22H25N3O5. The fourth-order valence-electron chi connectivity index (χ4n) is 3.17. The van der Waals surface area contributed by atoms with Gasteiger partial charge >= 0.3 is 0 Å². The van der Waals surface area contributed by atoms with Crippen molar-refractivity contribution in [2.24, 2.45) is 5.92 Å². The van der Waals surface area contributed by atoms with Crippen molar-refractivity contribution < 1.29 is 19.0 Å². The van der Waals surface area contributed by atoms with Crippen molar-refractivity contribution in [1.82, 2.24) is 9.66 Å². The number of ether oxygens (including phenoxy) is 3. The van der Waals surface area contributed by atoms with Crippen LogP contribution in [-0.4, -0.2) is 36.9 Å². The van der Waals surface area contributed by atoms with Gasteiger partial charge in [0.25, 0.3) is 11.5 Å². The van der Waals surface area contributed by atoms with Gasteiger partial charge in [-0.2, -0.15) is 0 Å². The van der Waals surface area contributed by atoms with Crippen LogP contribution in [0.15, 0.2) is 41.2 Å². The Morgan fingerprint density at radius 1 is 1.07 bits per heavy atom. The Morgan fingerprint density at radius 3 is 2.27 bits per heavy atom. The average Bonchev–Trinajstić information content (AvgIpc) is 2.74. The number of hydrogen-bond acceptors (Lipinski definition) is 6. The highest BCUT2D eigenvalue weighted by Gasteiger charge is 2.19. The lowest BCUT2D eigenvalue weighted by molar-refractivity contribution is 0.100. The number of benzene rings is 2. The maximum absolute atomic E-state index is 13.1. The van der Waals surface area contributed by atoms with Crippen LogP contribution in [0.4, 0.5) is 0 Å². The first-order valence-corrected chi connectivity index (χ1v) is 9.51. The standard InChI is InChI=1S/C22H25N3O5/c1-13(2)10-19-23-16-9-7-6-8-15(16)22(27)25(19)24-21(26)14-11-17(28-3)20(30-5)18(12-14)29-4/h6-9,11-13H,10H2,1-5H3,(H,24,26). The summed E-state index contributed by atoms with van der Waals surface area (Å²) in [6.45, 7) is 4.04. The minimum atomic E-state index is -0.501. The molecule has 30 heavy (non-hydrogen) atoms. The highest BCUT2D eigenvalue weighted by Crippen LogP contribution is 2.38. The van der Waals surface area contributed by atoms with Gasteiger partial charge in [0.2, 0.25) is 5.75 Å². The summed E-state index contributed by atoms with van der Waals surface area (Å²) in [6, 6.07) is 10.1. The Kier molecular flexibility index (Phi) is 6.25. The topological polar surface area (TPSA) is 91.7 Å².